The van der Waals surface area contributed by atoms with Crippen LogP contribution in [0.3, 0.4) is 0 Å². The fourth-order valence-corrected chi connectivity index (χ4v) is 2.12. The zero-order valence-electron chi connectivity index (χ0n) is 12.2. The number of methoxy groups -OCH3 is 1. The van der Waals surface area contributed by atoms with Gasteiger partial charge >= 0.3 is 0 Å². The summed E-state index contributed by atoms with van der Waals surface area (Å²) in [5.41, 5.74) is 1.90. The Hall–Kier alpha value is -2.19. The molecule has 2 aromatic rings. The number of benzene rings is 2. The van der Waals surface area contributed by atoms with Crippen LogP contribution in [0.1, 0.15) is 28.8 Å². The first kappa shape index (κ1) is 15.2. The van der Waals surface area contributed by atoms with Crippen LogP contribution < -0.4 is 0 Å². The van der Waals surface area contributed by atoms with Crippen molar-refractivity contribution >= 4 is 11.9 Å². The predicted molar refractivity (Wildman–Crippen MR) is 86.3 cm³/mol. The van der Waals surface area contributed by atoms with Crippen LogP contribution in [0.15, 0.2) is 66.7 Å². The highest BCUT2D eigenvalue weighted by Gasteiger charge is 2.09. The molecule has 0 fully saturated rings. The maximum absolute atomic E-state index is 12.1. The summed E-state index contributed by atoms with van der Waals surface area (Å²) in [5.74, 6) is 0.158. The number of ether oxygens (including phenoxy) is 1. The fourth-order valence-electron chi connectivity index (χ4n) is 2.12. The average molecular weight is 280 g/mol. The van der Waals surface area contributed by atoms with Gasteiger partial charge in [0.1, 0.15) is 0 Å². The van der Waals surface area contributed by atoms with E-state index >= 15 is 0 Å². The van der Waals surface area contributed by atoms with Crippen LogP contribution >= 0.6 is 0 Å². The molecule has 2 heteroatoms. The maximum atomic E-state index is 12.1. The second-order valence-corrected chi connectivity index (χ2v) is 4.87. The van der Waals surface area contributed by atoms with Crippen molar-refractivity contribution in [3.63, 3.8) is 0 Å². The Labute approximate surface area is 126 Å². The molecule has 0 bridgehead atoms. The number of Topliss-reactive ketones (excluding diaryl/α,β-unsaturated/α-hetero) is 1. The summed E-state index contributed by atoms with van der Waals surface area (Å²) in [6.07, 6.45) is 5.17. The van der Waals surface area contributed by atoms with E-state index in [4.69, 9.17) is 4.74 Å². The van der Waals surface area contributed by atoms with E-state index in [0.717, 1.165) is 11.1 Å². The summed E-state index contributed by atoms with van der Waals surface area (Å²) in [4.78, 5) is 12.1. The summed E-state index contributed by atoms with van der Waals surface area (Å²) in [6.45, 7) is 0. The van der Waals surface area contributed by atoms with Gasteiger partial charge in [-0.05, 0) is 12.0 Å². The van der Waals surface area contributed by atoms with Crippen molar-refractivity contribution in [2.45, 2.75) is 18.9 Å². The van der Waals surface area contributed by atoms with Gasteiger partial charge in [0, 0.05) is 19.1 Å². The first-order chi connectivity index (χ1) is 10.3. The number of hydrogen-bond donors (Lipinski definition) is 0. The Morgan fingerprint density at radius 2 is 1.67 bits per heavy atom. The van der Waals surface area contributed by atoms with E-state index in [-0.39, 0.29) is 11.9 Å². The van der Waals surface area contributed by atoms with Gasteiger partial charge in [0.05, 0.1) is 6.10 Å². The van der Waals surface area contributed by atoms with Gasteiger partial charge in [-0.1, -0.05) is 72.8 Å². The first-order valence-electron chi connectivity index (χ1n) is 7.14. The first-order valence-corrected chi connectivity index (χ1v) is 7.14. The van der Waals surface area contributed by atoms with Gasteiger partial charge in [-0.2, -0.15) is 0 Å². The molecule has 108 valence electrons. The molecule has 0 saturated carbocycles. The van der Waals surface area contributed by atoms with Crippen molar-refractivity contribution in [1.29, 1.82) is 0 Å². The predicted octanol–water partition coefficient (Wildman–Crippen LogP) is 4.38. The highest BCUT2D eigenvalue weighted by atomic mass is 16.5. The number of ketones is 1. The second-order valence-electron chi connectivity index (χ2n) is 4.87. The quantitative estimate of drug-likeness (QED) is 0.704. The Bertz CT molecular complexity index is 573. The molecule has 1 unspecified atom stereocenters. The van der Waals surface area contributed by atoms with Crippen LogP contribution in [0.5, 0.6) is 0 Å². The van der Waals surface area contributed by atoms with E-state index < -0.39 is 0 Å². The van der Waals surface area contributed by atoms with Gasteiger partial charge < -0.3 is 4.74 Å². The lowest BCUT2D eigenvalue weighted by Gasteiger charge is -2.10. The summed E-state index contributed by atoms with van der Waals surface area (Å²) in [6, 6.07) is 19.5. The molecule has 2 rings (SSSR count). The Balaban J connectivity index is 1.88. The molecule has 0 aliphatic heterocycles. The molecule has 0 aliphatic carbocycles. The molecule has 0 amide bonds. The summed E-state index contributed by atoms with van der Waals surface area (Å²) in [5, 5.41) is 0. The van der Waals surface area contributed by atoms with Crippen molar-refractivity contribution < 1.29 is 9.53 Å². The van der Waals surface area contributed by atoms with Crippen molar-refractivity contribution in [2.75, 3.05) is 7.11 Å². The van der Waals surface area contributed by atoms with E-state index in [0.29, 0.717) is 12.8 Å². The second kappa shape index (κ2) is 8.18. The van der Waals surface area contributed by atoms with Gasteiger partial charge in [-0.25, -0.2) is 0 Å². The fraction of sp³-hybridized carbons (Fsp3) is 0.211. The van der Waals surface area contributed by atoms with Crippen LogP contribution in [0.2, 0.25) is 0 Å². The number of carbonyl (C=O) groups is 1. The van der Waals surface area contributed by atoms with E-state index in [1.807, 2.05) is 72.8 Å². The smallest absolute Gasteiger partial charge is 0.162 e. The van der Waals surface area contributed by atoms with E-state index in [1.165, 1.54) is 0 Å². The average Bonchev–Trinajstić information content (AvgIpc) is 2.56. The zero-order chi connectivity index (χ0) is 14.9. The topological polar surface area (TPSA) is 26.3 Å². The summed E-state index contributed by atoms with van der Waals surface area (Å²) >= 11 is 0. The minimum atomic E-state index is -0.0436. The van der Waals surface area contributed by atoms with Crippen LogP contribution in [-0.4, -0.2) is 19.0 Å². The van der Waals surface area contributed by atoms with E-state index in [2.05, 4.69) is 0 Å². The number of rotatable bonds is 7. The Morgan fingerprint density at radius 3 is 2.29 bits per heavy atom. The van der Waals surface area contributed by atoms with Gasteiger partial charge in [-0.15, -0.1) is 0 Å². The molecular weight excluding hydrogens is 260 g/mol. The normalized spacial score (nSPS) is 12.4. The molecule has 1 atom stereocenters. The lowest BCUT2D eigenvalue weighted by atomic mass is 10.0. The highest BCUT2D eigenvalue weighted by molar-refractivity contribution is 5.95. The largest absolute Gasteiger partial charge is 0.377 e. The van der Waals surface area contributed by atoms with Crippen LogP contribution in [0, 0.1) is 0 Å². The molecule has 2 aromatic carbocycles. The third-order valence-electron chi connectivity index (χ3n) is 3.36. The molecule has 0 heterocycles. The third-order valence-corrected chi connectivity index (χ3v) is 3.36. The van der Waals surface area contributed by atoms with Gasteiger partial charge in [0.2, 0.25) is 0 Å². The van der Waals surface area contributed by atoms with Crippen molar-refractivity contribution in [1.82, 2.24) is 0 Å². The SMILES string of the molecule is COC(/C=C/c1ccccc1)CCC(=O)c1ccccc1. The molecule has 0 N–H and O–H groups in total. The highest BCUT2D eigenvalue weighted by Crippen LogP contribution is 2.11. The van der Waals surface area contributed by atoms with E-state index in [1.54, 1.807) is 7.11 Å². The number of hydrogen-bond acceptors (Lipinski definition) is 2. The third kappa shape index (κ3) is 5.01. The Kier molecular flexibility index (Phi) is 5.92. The van der Waals surface area contributed by atoms with Gasteiger partial charge in [0.25, 0.3) is 0 Å². The monoisotopic (exact) mass is 280 g/mol. The maximum Gasteiger partial charge on any atom is 0.162 e. The lowest BCUT2D eigenvalue weighted by Crippen LogP contribution is -2.10. The molecular formula is C19H20O2. The van der Waals surface area contributed by atoms with Crippen LogP contribution in [0.4, 0.5) is 0 Å². The molecule has 21 heavy (non-hydrogen) atoms. The summed E-state index contributed by atoms with van der Waals surface area (Å²) in [7, 11) is 1.67. The van der Waals surface area contributed by atoms with Crippen molar-refractivity contribution in [3.05, 3.63) is 77.9 Å². The van der Waals surface area contributed by atoms with Crippen molar-refractivity contribution in [3.8, 4) is 0 Å². The molecule has 0 aromatic heterocycles. The van der Waals surface area contributed by atoms with Gasteiger partial charge in [-0.3, -0.25) is 4.79 Å². The molecule has 0 radical (unpaired) electrons. The molecule has 0 saturated heterocycles. The lowest BCUT2D eigenvalue weighted by molar-refractivity contribution is 0.0926. The molecule has 2 nitrogen and oxygen atoms in total. The minimum absolute atomic E-state index is 0.0436. The molecule has 0 aliphatic rings. The zero-order valence-corrected chi connectivity index (χ0v) is 12.2. The standard InChI is InChI=1S/C19H20O2/c1-21-18(13-12-16-8-4-2-5-9-16)14-15-19(20)17-10-6-3-7-11-17/h2-13,18H,14-15H2,1H3/b13-12+. The van der Waals surface area contributed by atoms with Crippen molar-refractivity contribution in [2.24, 2.45) is 0 Å². The molecule has 0 spiro atoms. The Morgan fingerprint density at radius 1 is 1.05 bits per heavy atom. The summed E-state index contributed by atoms with van der Waals surface area (Å²) < 4.78 is 5.42. The van der Waals surface area contributed by atoms with Gasteiger partial charge in [0.15, 0.2) is 5.78 Å². The number of carbonyl (C=O) groups excluding carboxylic acids is 1. The minimum Gasteiger partial charge on any atom is -0.377 e. The van der Waals surface area contributed by atoms with Crippen LogP contribution in [-0.2, 0) is 4.74 Å². The van der Waals surface area contributed by atoms with Crippen LogP contribution in [0.25, 0.3) is 6.08 Å². The van der Waals surface area contributed by atoms with E-state index in [9.17, 15) is 4.79 Å².